The van der Waals surface area contributed by atoms with E-state index in [4.69, 9.17) is 4.74 Å². The van der Waals surface area contributed by atoms with E-state index in [1.807, 2.05) is 36.4 Å². The van der Waals surface area contributed by atoms with E-state index < -0.39 is 6.10 Å². The van der Waals surface area contributed by atoms with Gasteiger partial charge in [-0.25, -0.2) is 0 Å². The molecular weight excluding hydrogens is 304 g/mol. The van der Waals surface area contributed by atoms with Crippen molar-refractivity contribution in [3.63, 3.8) is 0 Å². The van der Waals surface area contributed by atoms with Crippen molar-refractivity contribution < 1.29 is 19.7 Å². The fourth-order valence-electron chi connectivity index (χ4n) is 2.59. The Labute approximate surface area is 142 Å². The minimum atomic E-state index is -0.510. The van der Waals surface area contributed by atoms with Gasteiger partial charge in [-0.3, -0.25) is 4.79 Å². The largest absolute Gasteiger partial charge is 0.504 e. The first-order chi connectivity index (χ1) is 11.6. The number of hydrogen-bond acceptors (Lipinski definition) is 4. The van der Waals surface area contributed by atoms with E-state index in [2.05, 4.69) is 0 Å². The lowest BCUT2D eigenvalue weighted by atomic mass is 10.00. The van der Waals surface area contributed by atoms with Crippen LogP contribution >= 0.6 is 0 Å². The van der Waals surface area contributed by atoms with Crippen LogP contribution in [0.5, 0.6) is 11.5 Å². The number of methoxy groups -OCH3 is 1. The number of carbonyl (C=O) groups is 1. The Hall–Kier alpha value is -2.33. The van der Waals surface area contributed by atoms with Crippen molar-refractivity contribution in [2.75, 3.05) is 7.11 Å². The van der Waals surface area contributed by atoms with E-state index >= 15 is 0 Å². The highest BCUT2D eigenvalue weighted by Gasteiger charge is 2.10. The number of rotatable bonds is 9. The maximum absolute atomic E-state index is 12.0. The van der Waals surface area contributed by atoms with Crippen molar-refractivity contribution in [2.45, 2.75) is 38.2 Å². The van der Waals surface area contributed by atoms with Crippen LogP contribution in [0.15, 0.2) is 48.5 Å². The summed E-state index contributed by atoms with van der Waals surface area (Å²) >= 11 is 0. The summed E-state index contributed by atoms with van der Waals surface area (Å²) in [5, 5.41) is 19.6. The van der Waals surface area contributed by atoms with Gasteiger partial charge >= 0.3 is 0 Å². The molecule has 4 nitrogen and oxygen atoms in total. The summed E-state index contributed by atoms with van der Waals surface area (Å²) in [5.74, 6) is 0.680. The second kappa shape index (κ2) is 9.08. The summed E-state index contributed by atoms with van der Waals surface area (Å²) in [6, 6.07) is 14.8. The predicted octanol–water partition coefficient (Wildman–Crippen LogP) is 3.29. The van der Waals surface area contributed by atoms with Crippen LogP contribution in [0.25, 0.3) is 0 Å². The molecule has 0 aliphatic rings. The van der Waals surface area contributed by atoms with E-state index in [0.717, 1.165) is 11.1 Å². The van der Waals surface area contributed by atoms with E-state index in [9.17, 15) is 15.0 Å². The van der Waals surface area contributed by atoms with Crippen molar-refractivity contribution in [1.29, 1.82) is 0 Å². The van der Waals surface area contributed by atoms with Gasteiger partial charge in [0.25, 0.3) is 0 Å². The van der Waals surface area contributed by atoms with Crippen molar-refractivity contribution in [2.24, 2.45) is 0 Å². The van der Waals surface area contributed by atoms with Crippen molar-refractivity contribution in [1.82, 2.24) is 0 Å². The molecule has 4 heteroatoms. The summed E-state index contributed by atoms with van der Waals surface area (Å²) in [6.45, 7) is 0. The maximum atomic E-state index is 12.0. The van der Waals surface area contributed by atoms with Crippen molar-refractivity contribution >= 4 is 5.78 Å². The van der Waals surface area contributed by atoms with Gasteiger partial charge in [0.05, 0.1) is 13.2 Å². The fraction of sp³-hybridized carbons (Fsp3) is 0.350. The van der Waals surface area contributed by atoms with Crippen LogP contribution in [0.1, 0.15) is 30.4 Å². The van der Waals surface area contributed by atoms with Crippen molar-refractivity contribution in [3.05, 3.63) is 59.7 Å². The van der Waals surface area contributed by atoms with Gasteiger partial charge in [0.2, 0.25) is 0 Å². The third-order valence-electron chi connectivity index (χ3n) is 4.01. The second-order valence-corrected chi connectivity index (χ2v) is 5.94. The number of Topliss-reactive ketones (excluding diaryl/α,β-unsaturated/α-hetero) is 1. The number of ketones is 1. The van der Waals surface area contributed by atoms with Gasteiger partial charge in [0.1, 0.15) is 5.78 Å². The molecule has 2 aromatic carbocycles. The van der Waals surface area contributed by atoms with Gasteiger partial charge in [-0.1, -0.05) is 36.4 Å². The third kappa shape index (κ3) is 5.70. The zero-order valence-corrected chi connectivity index (χ0v) is 13.9. The number of ether oxygens (including phenoxy) is 1. The van der Waals surface area contributed by atoms with Crippen LogP contribution in [-0.4, -0.2) is 29.2 Å². The molecule has 0 spiro atoms. The Balaban J connectivity index is 1.73. The van der Waals surface area contributed by atoms with Gasteiger partial charge < -0.3 is 14.9 Å². The van der Waals surface area contributed by atoms with Gasteiger partial charge in [-0.2, -0.15) is 0 Å². The summed E-state index contributed by atoms with van der Waals surface area (Å²) in [6.07, 6.45) is 2.01. The summed E-state index contributed by atoms with van der Waals surface area (Å²) in [4.78, 5) is 12.0. The maximum Gasteiger partial charge on any atom is 0.160 e. The molecule has 0 fully saturated rings. The molecule has 0 aromatic heterocycles. The molecule has 0 saturated heterocycles. The Bertz CT molecular complexity index is 652. The van der Waals surface area contributed by atoms with E-state index in [0.29, 0.717) is 37.9 Å². The number of phenolic OH excluding ortho intramolecular Hbond substituents is 1. The molecule has 0 amide bonds. The highest BCUT2D eigenvalue weighted by atomic mass is 16.5. The number of aliphatic hydroxyl groups excluding tert-OH is 1. The van der Waals surface area contributed by atoms with Crippen LogP contribution in [0.2, 0.25) is 0 Å². The lowest BCUT2D eigenvalue weighted by Gasteiger charge is -2.11. The number of phenols is 1. The molecule has 2 rings (SSSR count). The van der Waals surface area contributed by atoms with E-state index in [1.54, 1.807) is 12.1 Å². The standard InChI is InChI=1S/C20H24O4/c1-24-20-14-16(8-12-19(20)23)7-9-17(21)10-11-18(22)13-15-5-3-2-4-6-15/h2-6,8,12,14,17,21,23H,7,9-11,13H2,1H3. The molecule has 0 bridgehead atoms. The topological polar surface area (TPSA) is 66.8 Å². The van der Waals surface area contributed by atoms with Gasteiger partial charge in [0.15, 0.2) is 11.5 Å². The van der Waals surface area contributed by atoms with Crippen LogP contribution in [0, 0.1) is 0 Å². The molecule has 0 aliphatic heterocycles. The fourth-order valence-corrected chi connectivity index (χ4v) is 2.59. The zero-order valence-electron chi connectivity index (χ0n) is 13.9. The minimum absolute atomic E-state index is 0.105. The number of aliphatic hydroxyl groups is 1. The Morgan fingerprint density at radius 3 is 2.54 bits per heavy atom. The molecule has 128 valence electrons. The van der Waals surface area contributed by atoms with E-state index in [-0.39, 0.29) is 11.5 Å². The molecular formula is C20H24O4. The van der Waals surface area contributed by atoms with Crippen LogP contribution < -0.4 is 4.74 Å². The third-order valence-corrected chi connectivity index (χ3v) is 4.01. The number of benzene rings is 2. The highest BCUT2D eigenvalue weighted by molar-refractivity contribution is 5.80. The minimum Gasteiger partial charge on any atom is -0.504 e. The smallest absolute Gasteiger partial charge is 0.160 e. The van der Waals surface area contributed by atoms with Crippen molar-refractivity contribution in [3.8, 4) is 11.5 Å². The lowest BCUT2D eigenvalue weighted by Crippen LogP contribution is -2.12. The normalized spacial score (nSPS) is 11.9. The number of hydrogen-bond donors (Lipinski definition) is 2. The first-order valence-corrected chi connectivity index (χ1v) is 8.18. The zero-order chi connectivity index (χ0) is 17.4. The van der Waals surface area contributed by atoms with E-state index in [1.165, 1.54) is 7.11 Å². The van der Waals surface area contributed by atoms with Crippen LogP contribution in [-0.2, 0) is 17.6 Å². The number of aryl methyl sites for hydroxylation is 1. The predicted molar refractivity (Wildman–Crippen MR) is 93.4 cm³/mol. The summed E-state index contributed by atoms with van der Waals surface area (Å²) in [5.41, 5.74) is 1.99. The quantitative estimate of drug-likeness (QED) is 0.741. The molecule has 0 aliphatic carbocycles. The number of aromatic hydroxyl groups is 1. The average Bonchev–Trinajstić information content (AvgIpc) is 2.60. The molecule has 24 heavy (non-hydrogen) atoms. The molecule has 0 saturated carbocycles. The van der Waals surface area contributed by atoms with Crippen LogP contribution in [0.4, 0.5) is 0 Å². The lowest BCUT2D eigenvalue weighted by molar-refractivity contribution is -0.119. The van der Waals surface area contributed by atoms with Gasteiger partial charge in [-0.05, 0) is 42.5 Å². The second-order valence-electron chi connectivity index (χ2n) is 5.94. The summed E-state index contributed by atoms with van der Waals surface area (Å²) in [7, 11) is 1.51. The van der Waals surface area contributed by atoms with Crippen LogP contribution in [0.3, 0.4) is 0 Å². The Morgan fingerprint density at radius 1 is 1.08 bits per heavy atom. The molecule has 2 aromatic rings. The van der Waals surface area contributed by atoms with Gasteiger partial charge in [-0.15, -0.1) is 0 Å². The number of carbonyl (C=O) groups excluding carboxylic acids is 1. The molecule has 0 heterocycles. The first kappa shape index (κ1) is 18.0. The molecule has 1 atom stereocenters. The van der Waals surface area contributed by atoms with Gasteiger partial charge in [0, 0.05) is 12.8 Å². The SMILES string of the molecule is COc1cc(CCC(O)CCC(=O)Cc2ccccc2)ccc1O. The summed E-state index contributed by atoms with van der Waals surface area (Å²) < 4.78 is 5.07. The monoisotopic (exact) mass is 328 g/mol. The molecule has 2 N–H and O–H groups in total. The average molecular weight is 328 g/mol. The Kier molecular flexibility index (Phi) is 6.82. The highest BCUT2D eigenvalue weighted by Crippen LogP contribution is 2.27. The molecule has 0 radical (unpaired) electrons. The molecule has 1 unspecified atom stereocenters. The Morgan fingerprint density at radius 2 is 1.83 bits per heavy atom. The first-order valence-electron chi connectivity index (χ1n) is 8.18.